The number of aliphatic hydroxyl groups excluding tert-OH is 2. The number of β-amino-alcohol motifs (C(OH)–C–C–N with tert-alkyl or cyclic N) is 1. The number of hydrogen-bond donors (Lipinski definition) is 3. The summed E-state index contributed by atoms with van der Waals surface area (Å²) in [6.45, 7) is 4.05. The molecule has 1 fully saturated rings. The summed E-state index contributed by atoms with van der Waals surface area (Å²) in [5.41, 5.74) is 0.272. The summed E-state index contributed by atoms with van der Waals surface area (Å²) in [5, 5.41) is 22.6. The standard InChI is InChI=1S/C20H28Cl2N2O6/c21-15-10-14(18-19(17(15)22)30-7-1-6-29-18)20(27)23-11-13-2-3-24(12-16(13)26)4-8-28-9-5-25/h10,13,16,25-26H,1-9,11-12H2,(H,23,27)/t13-,16+/m0/s1. The van der Waals surface area contributed by atoms with Crippen molar-refractivity contribution < 1.29 is 29.2 Å². The predicted octanol–water partition coefficient (Wildman–Crippen LogP) is 1.58. The van der Waals surface area contributed by atoms with Crippen LogP contribution in [-0.2, 0) is 4.74 Å². The maximum atomic E-state index is 12.8. The van der Waals surface area contributed by atoms with E-state index in [2.05, 4.69) is 10.2 Å². The second kappa shape index (κ2) is 11.4. The molecular formula is C20H28Cl2N2O6. The molecule has 1 aromatic rings. The third-order valence-electron chi connectivity index (χ3n) is 5.27. The van der Waals surface area contributed by atoms with Crippen LogP contribution in [-0.4, -0.2) is 86.3 Å². The number of aliphatic hydroxyl groups is 2. The highest BCUT2D eigenvalue weighted by molar-refractivity contribution is 6.43. The monoisotopic (exact) mass is 462 g/mol. The minimum atomic E-state index is -0.553. The maximum Gasteiger partial charge on any atom is 0.255 e. The van der Waals surface area contributed by atoms with Crippen LogP contribution in [0.15, 0.2) is 6.07 Å². The first-order valence-corrected chi connectivity index (χ1v) is 10.9. The highest BCUT2D eigenvalue weighted by Crippen LogP contribution is 2.44. The summed E-state index contributed by atoms with van der Waals surface area (Å²) in [5.74, 6) is 0.200. The van der Waals surface area contributed by atoms with Crippen molar-refractivity contribution in [3.05, 3.63) is 21.7 Å². The highest BCUT2D eigenvalue weighted by Gasteiger charge is 2.29. The van der Waals surface area contributed by atoms with Crippen LogP contribution in [0.25, 0.3) is 0 Å². The Bertz CT molecular complexity index is 736. The molecule has 1 saturated heterocycles. The van der Waals surface area contributed by atoms with E-state index in [9.17, 15) is 9.90 Å². The number of carbonyl (C=O) groups excluding carboxylic acids is 1. The van der Waals surface area contributed by atoms with Gasteiger partial charge in [0.1, 0.15) is 5.02 Å². The number of ether oxygens (including phenoxy) is 3. The van der Waals surface area contributed by atoms with Gasteiger partial charge in [-0.3, -0.25) is 9.69 Å². The van der Waals surface area contributed by atoms with Gasteiger partial charge in [-0.15, -0.1) is 0 Å². The molecule has 8 nitrogen and oxygen atoms in total. The van der Waals surface area contributed by atoms with E-state index in [4.69, 9.17) is 42.5 Å². The third-order valence-corrected chi connectivity index (χ3v) is 6.04. The van der Waals surface area contributed by atoms with Gasteiger partial charge in [0.05, 0.1) is 49.7 Å². The summed E-state index contributed by atoms with van der Waals surface area (Å²) in [6, 6.07) is 1.48. The van der Waals surface area contributed by atoms with E-state index >= 15 is 0 Å². The van der Waals surface area contributed by atoms with Crippen molar-refractivity contribution in [1.29, 1.82) is 0 Å². The van der Waals surface area contributed by atoms with Gasteiger partial charge in [-0.1, -0.05) is 23.2 Å². The molecule has 30 heavy (non-hydrogen) atoms. The molecule has 0 aromatic heterocycles. The molecule has 10 heteroatoms. The lowest BCUT2D eigenvalue weighted by molar-refractivity contribution is 0.00568. The zero-order chi connectivity index (χ0) is 21.5. The van der Waals surface area contributed by atoms with Crippen molar-refractivity contribution in [1.82, 2.24) is 10.2 Å². The number of likely N-dealkylation sites (tertiary alicyclic amines) is 1. The SMILES string of the molecule is O=C(NC[C@@H]1CCN(CCOCCO)C[C@H]1O)c1cc(Cl)c(Cl)c2c1OCCCO2. The first kappa shape index (κ1) is 23.4. The van der Waals surface area contributed by atoms with Crippen LogP contribution in [0.2, 0.25) is 10.0 Å². The van der Waals surface area contributed by atoms with Crippen molar-refractivity contribution in [3.63, 3.8) is 0 Å². The fourth-order valence-electron chi connectivity index (χ4n) is 3.60. The predicted molar refractivity (Wildman–Crippen MR) is 113 cm³/mol. The van der Waals surface area contributed by atoms with E-state index in [0.29, 0.717) is 64.0 Å². The summed E-state index contributed by atoms with van der Waals surface area (Å²) in [6.07, 6.45) is 0.877. The molecule has 2 heterocycles. The van der Waals surface area contributed by atoms with Gasteiger partial charge >= 0.3 is 0 Å². The zero-order valence-electron chi connectivity index (χ0n) is 16.7. The van der Waals surface area contributed by atoms with Crippen LogP contribution in [0, 0.1) is 5.92 Å². The molecule has 3 N–H and O–H groups in total. The molecular weight excluding hydrogens is 435 g/mol. The fraction of sp³-hybridized carbons (Fsp3) is 0.650. The number of benzene rings is 1. The number of rotatable bonds is 8. The molecule has 2 aliphatic heterocycles. The normalized spacial score (nSPS) is 21.9. The number of piperidine rings is 1. The maximum absolute atomic E-state index is 12.8. The number of fused-ring (bicyclic) bond motifs is 1. The molecule has 2 atom stereocenters. The van der Waals surface area contributed by atoms with Crippen LogP contribution in [0.1, 0.15) is 23.2 Å². The van der Waals surface area contributed by atoms with E-state index in [-0.39, 0.29) is 34.0 Å². The Morgan fingerprint density at radius 2 is 2.03 bits per heavy atom. The molecule has 0 aliphatic carbocycles. The lowest BCUT2D eigenvalue weighted by Crippen LogP contribution is -2.48. The minimum Gasteiger partial charge on any atom is -0.489 e. The number of nitrogens with one attached hydrogen (secondary N) is 1. The molecule has 1 amide bonds. The Balaban J connectivity index is 1.56. The van der Waals surface area contributed by atoms with Gasteiger partial charge < -0.3 is 29.7 Å². The molecule has 0 spiro atoms. The first-order valence-electron chi connectivity index (χ1n) is 10.2. The molecule has 0 saturated carbocycles. The quantitative estimate of drug-likeness (QED) is 0.504. The van der Waals surface area contributed by atoms with E-state index < -0.39 is 6.10 Å². The van der Waals surface area contributed by atoms with Crippen molar-refractivity contribution in [2.45, 2.75) is 18.9 Å². The van der Waals surface area contributed by atoms with E-state index in [1.807, 2.05) is 0 Å². The summed E-state index contributed by atoms with van der Waals surface area (Å²) in [4.78, 5) is 14.9. The number of amides is 1. The second-order valence-electron chi connectivity index (χ2n) is 7.39. The van der Waals surface area contributed by atoms with E-state index in [0.717, 1.165) is 13.0 Å². The second-order valence-corrected chi connectivity index (χ2v) is 8.18. The molecule has 0 unspecified atom stereocenters. The van der Waals surface area contributed by atoms with Crippen LogP contribution in [0.4, 0.5) is 0 Å². The van der Waals surface area contributed by atoms with Gasteiger partial charge in [0, 0.05) is 32.0 Å². The van der Waals surface area contributed by atoms with E-state index in [1.54, 1.807) is 0 Å². The van der Waals surface area contributed by atoms with Crippen LogP contribution >= 0.6 is 23.2 Å². The molecule has 2 aliphatic rings. The molecule has 168 valence electrons. The van der Waals surface area contributed by atoms with Crippen LogP contribution in [0.3, 0.4) is 0 Å². The first-order chi connectivity index (χ1) is 14.5. The van der Waals surface area contributed by atoms with Crippen LogP contribution < -0.4 is 14.8 Å². The highest BCUT2D eigenvalue weighted by atomic mass is 35.5. The molecule has 0 bridgehead atoms. The summed E-state index contributed by atoms with van der Waals surface area (Å²) < 4.78 is 16.6. The Hall–Kier alpha value is -1.29. The summed E-state index contributed by atoms with van der Waals surface area (Å²) in [7, 11) is 0. The summed E-state index contributed by atoms with van der Waals surface area (Å²) >= 11 is 12.4. The average molecular weight is 463 g/mol. The number of halogens is 2. The van der Waals surface area contributed by atoms with Gasteiger partial charge in [-0.05, 0) is 19.0 Å². The van der Waals surface area contributed by atoms with Gasteiger partial charge in [-0.2, -0.15) is 0 Å². The van der Waals surface area contributed by atoms with Crippen molar-refractivity contribution in [2.24, 2.45) is 5.92 Å². The van der Waals surface area contributed by atoms with Crippen LogP contribution in [0.5, 0.6) is 11.5 Å². The smallest absolute Gasteiger partial charge is 0.255 e. The Morgan fingerprint density at radius 1 is 1.27 bits per heavy atom. The number of hydrogen-bond acceptors (Lipinski definition) is 7. The average Bonchev–Trinajstić information content (AvgIpc) is 2.99. The van der Waals surface area contributed by atoms with Crippen molar-refractivity contribution in [3.8, 4) is 11.5 Å². The van der Waals surface area contributed by atoms with Gasteiger partial charge in [0.2, 0.25) is 0 Å². The van der Waals surface area contributed by atoms with Crippen molar-refractivity contribution in [2.75, 3.05) is 59.2 Å². The third kappa shape index (κ3) is 5.90. The van der Waals surface area contributed by atoms with Gasteiger partial charge in [-0.25, -0.2) is 0 Å². The lowest BCUT2D eigenvalue weighted by atomic mass is 9.93. The van der Waals surface area contributed by atoms with Gasteiger partial charge in [0.15, 0.2) is 11.5 Å². The Morgan fingerprint density at radius 3 is 2.77 bits per heavy atom. The minimum absolute atomic E-state index is 0.00357. The number of carbonyl (C=O) groups is 1. The molecule has 3 rings (SSSR count). The van der Waals surface area contributed by atoms with Gasteiger partial charge in [0.25, 0.3) is 5.91 Å². The lowest BCUT2D eigenvalue weighted by Gasteiger charge is -2.35. The zero-order valence-corrected chi connectivity index (χ0v) is 18.3. The topological polar surface area (TPSA) is 100 Å². The molecule has 0 radical (unpaired) electrons. The van der Waals surface area contributed by atoms with Crippen molar-refractivity contribution >= 4 is 29.1 Å². The fourth-order valence-corrected chi connectivity index (χ4v) is 3.99. The van der Waals surface area contributed by atoms with E-state index in [1.165, 1.54) is 6.07 Å². The largest absolute Gasteiger partial charge is 0.489 e. The molecule has 1 aromatic carbocycles. The number of nitrogens with zero attached hydrogens (tertiary/aromatic N) is 1. The Labute approximate surface area is 186 Å². The Kier molecular flexibility index (Phi) is 8.85.